The van der Waals surface area contributed by atoms with Crippen molar-refractivity contribution >= 4 is 11.6 Å². The Morgan fingerprint density at radius 1 is 1.52 bits per heavy atom. The fourth-order valence-corrected chi connectivity index (χ4v) is 1.89. The van der Waals surface area contributed by atoms with Gasteiger partial charge in [-0.2, -0.15) is 0 Å². The van der Waals surface area contributed by atoms with Gasteiger partial charge in [0.25, 0.3) is 5.91 Å². The molecule has 1 atom stereocenters. The van der Waals surface area contributed by atoms with Crippen LogP contribution in [0.5, 0.6) is 5.75 Å². The van der Waals surface area contributed by atoms with Crippen molar-refractivity contribution in [3.8, 4) is 5.75 Å². The Hall–Kier alpha value is -2.15. The number of hydrogen-bond acceptors (Lipinski definition) is 5. The van der Waals surface area contributed by atoms with Crippen LogP contribution in [-0.2, 0) is 11.4 Å². The molecule has 0 aliphatic carbocycles. The molecule has 1 aromatic rings. The number of aliphatic hydroxyl groups excluding tert-OH is 1. The Labute approximate surface area is 123 Å². The van der Waals surface area contributed by atoms with Crippen molar-refractivity contribution in [1.29, 1.82) is 0 Å². The lowest BCUT2D eigenvalue weighted by molar-refractivity contribution is -0.385. The van der Waals surface area contributed by atoms with E-state index in [1.165, 1.54) is 18.2 Å². The maximum Gasteiger partial charge on any atom is 0.310 e. The van der Waals surface area contributed by atoms with Crippen molar-refractivity contribution in [1.82, 2.24) is 5.32 Å². The summed E-state index contributed by atoms with van der Waals surface area (Å²) in [6, 6.07) is 4.08. The normalized spacial score (nSPS) is 11.8. The third kappa shape index (κ3) is 5.39. The van der Waals surface area contributed by atoms with Gasteiger partial charge in [-0.1, -0.05) is 13.3 Å². The predicted octanol–water partition coefficient (Wildman–Crippen LogP) is 1.77. The number of benzene rings is 1. The van der Waals surface area contributed by atoms with E-state index >= 15 is 0 Å². The first-order valence-electron chi connectivity index (χ1n) is 6.78. The Bertz CT molecular complexity index is 504. The molecule has 0 saturated carbocycles. The van der Waals surface area contributed by atoms with Crippen LogP contribution < -0.4 is 10.1 Å². The third-order valence-electron chi connectivity index (χ3n) is 2.89. The summed E-state index contributed by atoms with van der Waals surface area (Å²) in [6.45, 7) is 3.34. The van der Waals surface area contributed by atoms with Crippen LogP contribution in [0.1, 0.15) is 32.3 Å². The van der Waals surface area contributed by atoms with Crippen LogP contribution in [0.15, 0.2) is 18.2 Å². The van der Waals surface area contributed by atoms with Gasteiger partial charge in [-0.3, -0.25) is 14.9 Å². The number of carbonyl (C=O) groups excluding carboxylic acids is 1. The van der Waals surface area contributed by atoms with Crippen molar-refractivity contribution in [3.63, 3.8) is 0 Å². The zero-order valence-electron chi connectivity index (χ0n) is 12.2. The van der Waals surface area contributed by atoms with Crippen LogP contribution in [0.25, 0.3) is 0 Å². The first-order chi connectivity index (χ1) is 9.97. The molecule has 1 aromatic carbocycles. The van der Waals surface area contributed by atoms with E-state index in [1.807, 2.05) is 13.8 Å². The zero-order valence-corrected chi connectivity index (χ0v) is 12.2. The number of rotatable bonds is 8. The molecule has 1 amide bonds. The highest BCUT2D eigenvalue weighted by Crippen LogP contribution is 2.27. The largest absolute Gasteiger partial charge is 0.477 e. The zero-order chi connectivity index (χ0) is 15.8. The van der Waals surface area contributed by atoms with E-state index in [1.54, 1.807) is 0 Å². The van der Waals surface area contributed by atoms with Gasteiger partial charge in [0, 0.05) is 12.1 Å². The summed E-state index contributed by atoms with van der Waals surface area (Å²) in [7, 11) is 0. The first kappa shape index (κ1) is 16.9. The summed E-state index contributed by atoms with van der Waals surface area (Å²) in [4.78, 5) is 22.0. The molecule has 0 heterocycles. The maximum absolute atomic E-state index is 11.7. The van der Waals surface area contributed by atoms with E-state index in [9.17, 15) is 14.9 Å². The summed E-state index contributed by atoms with van der Waals surface area (Å²) in [6.07, 6.45) is 1.80. The quantitative estimate of drug-likeness (QED) is 0.562. The molecular weight excluding hydrogens is 276 g/mol. The fourth-order valence-electron chi connectivity index (χ4n) is 1.89. The van der Waals surface area contributed by atoms with E-state index in [2.05, 4.69) is 5.32 Å². The van der Waals surface area contributed by atoms with Crippen LogP contribution in [0, 0.1) is 10.1 Å². The molecule has 0 aliphatic heterocycles. The maximum atomic E-state index is 11.7. The Kier molecular flexibility index (Phi) is 6.61. The van der Waals surface area contributed by atoms with Gasteiger partial charge in [-0.05, 0) is 31.0 Å². The molecular formula is C14H20N2O5. The van der Waals surface area contributed by atoms with Crippen LogP contribution in [0.2, 0.25) is 0 Å². The molecule has 7 nitrogen and oxygen atoms in total. The van der Waals surface area contributed by atoms with Gasteiger partial charge in [0.2, 0.25) is 0 Å². The second-order valence-electron chi connectivity index (χ2n) is 4.76. The summed E-state index contributed by atoms with van der Waals surface area (Å²) in [5, 5.41) is 22.7. The molecule has 7 heteroatoms. The number of nitro benzene ring substituents is 1. The summed E-state index contributed by atoms with van der Waals surface area (Å²) in [5.41, 5.74) is 0.247. The number of nitro groups is 1. The number of ether oxygens (including phenoxy) is 1. The molecule has 0 saturated heterocycles. The topological polar surface area (TPSA) is 102 Å². The molecule has 0 aliphatic rings. The third-order valence-corrected chi connectivity index (χ3v) is 2.89. The van der Waals surface area contributed by atoms with Gasteiger partial charge in [-0.15, -0.1) is 0 Å². The minimum atomic E-state index is -0.589. The number of amides is 1. The van der Waals surface area contributed by atoms with Crippen LogP contribution in [0.4, 0.5) is 5.69 Å². The average molecular weight is 296 g/mol. The van der Waals surface area contributed by atoms with Gasteiger partial charge in [0.15, 0.2) is 12.4 Å². The van der Waals surface area contributed by atoms with Crippen LogP contribution in [0.3, 0.4) is 0 Å². The van der Waals surface area contributed by atoms with E-state index in [0.717, 1.165) is 12.8 Å². The monoisotopic (exact) mass is 296 g/mol. The Balaban J connectivity index is 2.69. The van der Waals surface area contributed by atoms with E-state index < -0.39 is 4.92 Å². The molecule has 21 heavy (non-hydrogen) atoms. The number of carbonyl (C=O) groups is 1. The Morgan fingerprint density at radius 3 is 2.81 bits per heavy atom. The molecule has 0 fully saturated rings. The molecule has 1 rings (SSSR count). The van der Waals surface area contributed by atoms with E-state index in [-0.39, 0.29) is 36.6 Å². The minimum absolute atomic E-state index is 0.0233. The highest BCUT2D eigenvalue weighted by molar-refractivity contribution is 5.78. The van der Waals surface area contributed by atoms with Crippen molar-refractivity contribution in [3.05, 3.63) is 33.9 Å². The molecule has 2 N–H and O–H groups in total. The van der Waals surface area contributed by atoms with Crippen molar-refractivity contribution in [2.45, 2.75) is 39.3 Å². The molecule has 0 aromatic heterocycles. The minimum Gasteiger partial charge on any atom is -0.477 e. The van der Waals surface area contributed by atoms with Gasteiger partial charge in [-0.25, -0.2) is 0 Å². The van der Waals surface area contributed by atoms with Crippen molar-refractivity contribution in [2.24, 2.45) is 0 Å². The van der Waals surface area contributed by atoms with Crippen molar-refractivity contribution < 1.29 is 19.6 Å². The molecule has 0 bridgehead atoms. The van der Waals surface area contributed by atoms with Crippen molar-refractivity contribution in [2.75, 3.05) is 6.61 Å². The first-order valence-corrected chi connectivity index (χ1v) is 6.78. The van der Waals surface area contributed by atoms with Gasteiger partial charge >= 0.3 is 5.69 Å². The van der Waals surface area contributed by atoms with Gasteiger partial charge in [0.1, 0.15) is 0 Å². The summed E-state index contributed by atoms with van der Waals surface area (Å²) >= 11 is 0. The highest BCUT2D eigenvalue weighted by Gasteiger charge is 2.17. The standard InChI is InChI=1S/C14H20N2O5/c1-3-4-10(2)15-14(18)9-21-13-7-11(8-17)5-6-12(13)16(19)20/h5-7,10,17H,3-4,8-9H2,1-2H3,(H,15,18). The molecule has 0 spiro atoms. The van der Waals surface area contributed by atoms with Gasteiger partial charge < -0.3 is 15.2 Å². The molecule has 1 unspecified atom stereocenters. The lowest BCUT2D eigenvalue weighted by atomic mass is 10.2. The smallest absolute Gasteiger partial charge is 0.310 e. The SMILES string of the molecule is CCCC(C)NC(=O)COc1cc(CO)ccc1[N+](=O)[O-]. The second-order valence-corrected chi connectivity index (χ2v) is 4.76. The predicted molar refractivity (Wildman–Crippen MR) is 77.0 cm³/mol. The number of aliphatic hydroxyl groups is 1. The van der Waals surface area contributed by atoms with Crippen LogP contribution in [-0.4, -0.2) is 28.6 Å². The second kappa shape index (κ2) is 8.21. The number of hydrogen-bond donors (Lipinski definition) is 2. The number of nitrogens with zero attached hydrogens (tertiary/aromatic N) is 1. The fraction of sp³-hybridized carbons (Fsp3) is 0.500. The molecule has 116 valence electrons. The molecule has 0 radical (unpaired) electrons. The van der Waals surface area contributed by atoms with Crippen LogP contribution >= 0.6 is 0 Å². The summed E-state index contributed by atoms with van der Waals surface area (Å²) < 4.78 is 5.22. The lowest BCUT2D eigenvalue weighted by Gasteiger charge is -2.13. The van der Waals surface area contributed by atoms with Gasteiger partial charge in [0.05, 0.1) is 11.5 Å². The Morgan fingerprint density at radius 2 is 2.24 bits per heavy atom. The highest BCUT2D eigenvalue weighted by atomic mass is 16.6. The summed E-state index contributed by atoms with van der Waals surface area (Å²) in [5.74, 6) is -0.357. The number of nitrogens with one attached hydrogen (secondary N) is 1. The van der Waals surface area contributed by atoms with E-state index in [4.69, 9.17) is 9.84 Å². The van der Waals surface area contributed by atoms with E-state index in [0.29, 0.717) is 5.56 Å². The lowest BCUT2D eigenvalue weighted by Crippen LogP contribution is -2.36. The average Bonchev–Trinajstić information content (AvgIpc) is 2.44.